The Kier molecular flexibility index (Phi) is 292. The van der Waals surface area contributed by atoms with Crippen molar-refractivity contribution in [2.24, 2.45) is 0 Å². The molecule has 0 aliphatic heterocycles. The van der Waals surface area contributed by atoms with E-state index in [0.29, 0.717) is 0 Å². The van der Waals surface area contributed by atoms with E-state index in [1.54, 1.807) is 0 Å². The van der Waals surface area contributed by atoms with Gasteiger partial charge >= 0.3 is 0 Å². The fourth-order valence-corrected chi connectivity index (χ4v) is 0. The summed E-state index contributed by atoms with van der Waals surface area (Å²) in [6.07, 6.45) is 0. The second-order valence-electron chi connectivity index (χ2n) is 0. The summed E-state index contributed by atoms with van der Waals surface area (Å²) in [5, 5.41) is 0. The molecule has 0 bridgehead atoms. The van der Waals surface area contributed by atoms with Crippen LogP contribution in [-0.4, -0.2) is 0 Å². The van der Waals surface area contributed by atoms with Crippen molar-refractivity contribution in [1.29, 1.82) is 0 Å². The van der Waals surface area contributed by atoms with Gasteiger partial charge in [-0.05, 0) is 0 Å². The first-order valence-electron chi connectivity index (χ1n) is 0. The van der Waals surface area contributed by atoms with Crippen molar-refractivity contribution in [3.05, 3.63) is 0 Å². The maximum atomic E-state index is 0. The number of rotatable bonds is 0. The van der Waals surface area contributed by atoms with Crippen molar-refractivity contribution < 1.29 is 126 Å². The minimum atomic E-state index is 0. The molecule has 0 nitrogen and oxygen atoms in total. The SMILES string of the molecule is [Mo].[W].[W].[W].[W].[W]. The van der Waals surface area contributed by atoms with Crippen molar-refractivity contribution in [2.45, 2.75) is 0 Å². The van der Waals surface area contributed by atoms with E-state index < -0.39 is 0 Å². The van der Waals surface area contributed by atoms with Crippen LogP contribution in [0.3, 0.4) is 0 Å². The molecule has 0 spiro atoms. The van der Waals surface area contributed by atoms with E-state index in [1.165, 1.54) is 0 Å². The van der Waals surface area contributed by atoms with Gasteiger partial charge in [0.05, 0.1) is 0 Å². The summed E-state index contributed by atoms with van der Waals surface area (Å²) in [6.45, 7) is 0. The first-order chi connectivity index (χ1) is 0. The van der Waals surface area contributed by atoms with Gasteiger partial charge < -0.3 is 0 Å². The summed E-state index contributed by atoms with van der Waals surface area (Å²) in [5.74, 6) is 0. The van der Waals surface area contributed by atoms with Crippen molar-refractivity contribution in [3.63, 3.8) is 0 Å². The summed E-state index contributed by atoms with van der Waals surface area (Å²) < 4.78 is 0. The summed E-state index contributed by atoms with van der Waals surface area (Å²) in [4.78, 5) is 0. The summed E-state index contributed by atoms with van der Waals surface area (Å²) in [6, 6.07) is 0. The van der Waals surface area contributed by atoms with Crippen LogP contribution in [0.15, 0.2) is 0 Å². The van der Waals surface area contributed by atoms with Gasteiger partial charge in [0.2, 0.25) is 0 Å². The molecule has 0 fully saturated rings. The predicted octanol–water partition coefficient (Wildman–Crippen LogP) is -0.0150. The van der Waals surface area contributed by atoms with Crippen LogP contribution in [0.5, 0.6) is 0 Å². The van der Waals surface area contributed by atoms with Crippen LogP contribution in [0.25, 0.3) is 0 Å². The molecule has 0 unspecified atom stereocenters. The number of hydrogen-bond donors (Lipinski definition) is 0. The van der Waals surface area contributed by atoms with Gasteiger partial charge in [-0.15, -0.1) is 0 Å². The Labute approximate surface area is 124 Å². The van der Waals surface area contributed by atoms with Crippen LogP contribution in [0, 0.1) is 0 Å². The molecule has 0 N–H and O–H groups in total. The molecule has 0 aromatic rings. The molecule has 0 atom stereocenters. The van der Waals surface area contributed by atoms with Crippen LogP contribution in [0.1, 0.15) is 0 Å². The minimum Gasteiger partial charge on any atom is 0 e. The third kappa shape index (κ3) is 24.2. The molecule has 0 aliphatic carbocycles. The third-order valence-electron chi connectivity index (χ3n) is 0. The fourth-order valence-electron chi connectivity index (χ4n) is 0. The molecule has 0 rings (SSSR count). The molecule has 0 radical (unpaired) electrons. The molecule has 6 heteroatoms. The van der Waals surface area contributed by atoms with Gasteiger partial charge in [0, 0.05) is 126 Å². The van der Waals surface area contributed by atoms with Crippen LogP contribution in [0.4, 0.5) is 0 Å². The molecule has 0 amide bonds. The monoisotopic (exact) mass is 1020 g/mol. The van der Waals surface area contributed by atoms with Crippen molar-refractivity contribution in [3.8, 4) is 0 Å². The number of hydrogen-bond acceptors (Lipinski definition) is 0. The van der Waals surface area contributed by atoms with Gasteiger partial charge in [0.15, 0.2) is 0 Å². The van der Waals surface area contributed by atoms with Crippen molar-refractivity contribution >= 4 is 0 Å². The van der Waals surface area contributed by atoms with E-state index in [4.69, 9.17) is 0 Å². The molecule has 0 saturated carbocycles. The second-order valence-corrected chi connectivity index (χ2v) is 0. The maximum Gasteiger partial charge on any atom is 0 e. The molecule has 0 aromatic carbocycles. The molecular formula is MoW5. The second kappa shape index (κ2) is 35.4. The van der Waals surface area contributed by atoms with E-state index in [0.717, 1.165) is 0 Å². The first kappa shape index (κ1) is 49.5. The Hall–Kier alpha value is 4.13. The molecule has 36 valence electrons. The van der Waals surface area contributed by atoms with Gasteiger partial charge in [-0.3, -0.25) is 0 Å². The summed E-state index contributed by atoms with van der Waals surface area (Å²) in [5.41, 5.74) is 0. The molecule has 6 heavy (non-hydrogen) atoms. The van der Waals surface area contributed by atoms with E-state index in [-0.39, 0.29) is 126 Å². The average Bonchev–Trinajstić information content (AvgIpc) is 0. The smallest absolute Gasteiger partial charge is 0 e. The Bertz CT molecular complexity index is 3.90. The zero-order chi connectivity index (χ0) is 0. The van der Waals surface area contributed by atoms with Crippen LogP contribution in [-0.2, 0) is 126 Å². The van der Waals surface area contributed by atoms with Gasteiger partial charge in [0.25, 0.3) is 0 Å². The predicted molar refractivity (Wildman–Crippen MR) is 0 cm³/mol. The average molecular weight is 1020 g/mol. The van der Waals surface area contributed by atoms with Crippen LogP contribution in [0.2, 0.25) is 0 Å². The van der Waals surface area contributed by atoms with Crippen LogP contribution >= 0.6 is 0 Å². The largest absolute Gasteiger partial charge is 0 e. The zero-order valence-corrected chi connectivity index (χ0v) is 19.1. The zero-order valence-electron chi connectivity index (χ0n) is 2.45. The van der Waals surface area contributed by atoms with Gasteiger partial charge in [-0.25, -0.2) is 0 Å². The Morgan fingerprint density at radius 2 is 0.333 bits per heavy atom. The van der Waals surface area contributed by atoms with E-state index in [1.807, 2.05) is 0 Å². The Morgan fingerprint density at radius 3 is 0.333 bits per heavy atom. The van der Waals surface area contributed by atoms with Crippen LogP contribution < -0.4 is 0 Å². The normalized spacial score (nSPS) is 0. The minimum absolute atomic E-state index is 0. The Balaban J connectivity index is 0. The van der Waals surface area contributed by atoms with E-state index >= 15 is 0 Å². The Morgan fingerprint density at radius 1 is 0.333 bits per heavy atom. The molecular weight excluding hydrogens is 1020 g/mol. The molecule has 0 aliphatic rings. The van der Waals surface area contributed by atoms with Gasteiger partial charge in [-0.2, -0.15) is 0 Å². The summed E-state index contributed by atoms with van der Waals surface area (Å²) in [7, 11) is 0. The molecule has 0 saturated heterocycles. The van der Waals surface area contributed by atoms with E-state index in [9.17, 15) is 0 Å². The quantitative estimate of drug-likeness (QED) is 0.300. The molecule has 0 aromatic heterocycles. The first-order valence-corrected chi connectivity index (χ1v) is 0. The van der Waals surface area contributed by atoms with Crippen molar-refractivity contribution in [2.75, 3.05) is 0 Å². The van der Waals surface area contributed by atoms with Crippen molar-refractivity contribution in [1.82, 2.24) is 0 Å². The molecule has 0 heterocycles. The third-order valence-corrected chi connectivity index (χ3v) is 0. The summed E-state index contributed by atoms with van der Waals surface area (Å²) >= 11 is 0. The topological polar surface area (TPSA) is 0 Å². The van der Waals surface area contributed by atoms with E-state index in [2.05, 4.69) is 0 Å². The fraction of sp³-hybridized carbons (Fsp3) is 0. The maximum absolute atomic E-state index is 0. The standard InChI is InChI=1S/Mo.5W. The van der Waals surface area contributed by atoms with Gasteiger partial charge in [0.1, 0.15) is 0 Å². The van der Waals surface area contributed by atoms with Gasteiger partial charge in [-0.1, -0.05) is 0 Å².